The first-order valence-corrected chi connectivity index (χ1v) is 4.10. The molecule has 0 aromatic heterocycles. The molecule has 0 heterocycles. The smallest absolute Gasteiger partial charge is 0.0654 e. The van der Waals surface area contributed by atoms with Gasteiger partial charge < -0.3 is 0 Å². The summed E-state index contributed by atoms with van der Waals surface area (Å²) in [5.41, 5.74) is 2.10. The van der Waals surface area contributed by atoms with Gasteiger partial charge in [-0.25, -0.2) is 0 Å². The SMILES string of the molecule is C=N/C(=C\CC)c1ccccc1. The standard InChI is InChI=1S/C11H13N/c1-3-7-11(12-2)10-8-5-4-6-9-10/h4-9H,2-3H2,1H3/b11-7-. The van der Waals surface area contributed by atoms with Gasteiger partial charge in [0.1, 0.15) is 0 Å². The van der Waals surface area contributed by atoms with Gasteiger partial charge in [-0.15, -0.1) is 0 Å². The molecule has 1 rings (SSSR count). The molecular formula is C11H13N. The summed E-state index contributed by atoms with van der Waals surface area (Å²) in [6.45, 7) is 5.63. The number of hydrogen-bond acceptors (Lipinski definition) is 1. The van der Waals surface area contributed by atoms with Gasteiger partial charge in [0.2, 0.25) is 0 Å². The molecule has 0 saturated carbocycles. The van der Waals surface area contributed by atoms with Crippen LogP contribution in [-0.2, 0) is 0 Å². The van der Waals surface area contributed by atoms with E-state index in [9.17, 15) is 0 Å². The molecule has 62 valence electrons. The zero-order valence-electron chi connectivity index (χ0n) is 7.33. The average molecular weight is 159 g/mol. The lowest BCUT2D eigenvalue weighted by molar-refractivity contribution is 1.22. The first-order chi connectivity index (χ1) is 5.88. The first-order valence-electron chi connectivity index (χ1n) is 4.10. The Balaban J connectivity index is 2.96. The Morgan fingerprint density at radius 3 is 2.58 bits per heavy atom. The summed E-state index contributed by atoms with van der Waals surface area (Å²) in [6.07, 6.45) is 3.06. The van der Waals surface area contributed by atoms with Crippen molar-refractivity contribution in [1.29, 1.82) is 0 Å². The third kappa shape index (κ3) is 2.06. The van der Waals surface area contributed by atoms with Gasteiger partial charge in [-0.05, 0) is 18.7 Å². The van der Waals surface area contributed by atoms with Crippen LogP contribution in [0.2, 0.25) is 0 Å². The molecule has 1 aromatic rings. The van der Waals surface area contributed by atoms with Crippen molar-refractivity contribution in [2.24, 2.45) is 4.99 Å². The maximum absolute atomic E-state index is 3.96. The molecule has 1 heteroatoms. The molecule has 0 unspecified atom stereocenters. The Kier molecular flexibility index (Phi) is 3.27. The summed E-state index contributed by atoms with van der Waals surface area (Å²) in [6, 6.07) is 10.1. The minimum atomic E-state index is 0.970. The molecule has 12 heavy (non-hydrogen) atoms. The highest BCUT2D eigenvalue weighted by Crippen LogP contribution is 2.14. The number of aliphatic imine (C=N–C) groups is 1. The molecule has 0 aliphatic carbocycles. The van der Waals surface area contributed by atoms with Crippen LogP contribution in [-0.4, -0.2) is 6.72 Å². The van der Waals surface area contributed by atoms with Gasteiger partial charge in [-0.2, -0.15) is 0 Å². The van der Waals surface area contributed by atoms with Crippen molar-refractivity contribution in [2.75, 3.05) is 0 Å². The molecule has 0 bridgehead atoms. The molecule has 0 spiro atoms. The third-order valence-electron chi connectivity index (χ3n) is 1.64. The summed E-state index contributed by atoms with van der Waals surface area (Å²) >= 11 is 0. The second-order valence-electron chi connectivity index (χ2n) is 2.52. The molecule has 0 aliphatic heterocycles. The zero-order chi connectivity index (χ0) is 8.81. The van der Waals surface area contributed by atoms with Crippen LogP contribution in [0.1, 0.15) is 18.9 Å². The van der Waals surface area contributed by atoms with Crippen LogP contribution in [0.15, 0.2) is 41.4 Å². The van der Waals surface area contributed by atoms with Crippen molar-refractivity contribution >= 4 is 12.4 Å². The van der Waals surface area contributed by atoms with Crippen LogP contribution >= 0.6 is 0 Å². The fourth-order valence-corrected chi connectivity index (χ4v) is 1.08. The Morgan fingerprint density at radius 2 is 2.08 bits per heavy atom. The van der Waals surface area contributed by atoms with E-state index in [2.05, 4.69) is 24.7 Å². The molecule has 0 amide bonds. The molecule has 0 N–H and O–H groups in total. The predicted octanol–water partition coefficient (Wildman–Crippen LogP) is 3.14. The average Bonchev–Trinajstić information content (AvgIpc) is 2.15. The molecule has 0 atom stereocenters. The maximum Gasteiger partial charge on any atom is 0.0654 e. The normalized spacial score (nSPS) is 11.2. The van der Waals surface area contributed by atoms with E-state index < -0.39 is 0 Å². The van der Waals surface area contributed by atoms with Crippen LogP contribution in [0.25, 0.3) is 5.70 Å². The van der Waals surface area contributed by atoms with E-state index in [-0.39, 0.29) is 0 Å². The number of allylic oxidation sites excluding steroid dienone is 1. The van der Waals surface area contributed by atoms with Crippen LogP contribution < -0.4 is 0 Å². The highest BCUT2D eigenvalue weighted by Gasteiger charge is 1.94. The van der Waals surface area contributed by atoms with E-state index in [0.29, 0.717) is 0 Å². The summed E-state index contributed by atoms with van der Waals surface area (Å²) < 4.78 is 0. The molecule has 1 aromatic carbocycles. The second kappa shape index (κ2) is 4.50. The molecule has 0 radical (unpaired) electrons. The van der Waals surface area contributed by atoms with Crippen molar-refractivity contribution in [1.82, 2.24) is 0 Å². The quantitative estimate of drug-likeness (QED) is 0.601. The highest BCUT2D eigenvalue weighted by atomic mass is 14.7. The second-order valence-corrected chi connectivity index (χ2v) is 2.52. The van der Waals surface area contributed by atoms with Crippen LogP contribution in [0, 0.1) is 0 Å². The molecule has 0 saturated heterocycles. The third-order valence-corrected chi connectivity index (χ3v) is 1.64. The van der Waals surface area contributed by atoms with Gasteiger partial charge in [0, 0.05) is 0 Å². The monoisotopic (exact) mass is 159 g/mol. The number of hydrogen-bond donors (Lipinski definition) is 0. The van der Waals surface area contributed by atoms with Crippen molar-refractivity contribution < 1.29 is 0 Å². The largest absolute Gasteiger partial charge is 0.264 e. The van der Waals surface area contributed by atoms with Gasteiger partial charge in [0.15, 0.2) is 0 Å². The summed E-state index contributed by atoms with van der Waals surface area (Å²) in [4.78, 5) is 3.96. The van der Waals surface area contributed by atoms with E-state index >= 15 is 0 Å². The highest BCUT2D eigenvalue weighted by molar-refractivity contribution is 5.67. The van der Waals surface area contributed by atoms with Crippen LogP contribution in [0.5, 0.6) is 0 Å². The van der Waals surface area contributed by atoms with Gasteiger partial charge in [-0.1, -0.05) is 43.3 Å². The van der Waals surface area contributed by atoms with Crippen molar-refractivity contribution in [2.45, 2.75) is 13.3 Å². The number of benzene rings is 1. The van der Waals surface area contributed by atoms with Crippen molar-refractivity contribution in [3.63, 3.8) is 0 Å². The lowest BCUT2D eigenvalue weighted by Gasteiger charge is -1.99. The van der Waals surface area contributed by atoms with E-state index in [1.54, 1.807) is 0 Å². The fraction of sp³-hybridized carbons (Fsp3) is 0.182. The topological polar surface area (TPSA) is 12.4 Å². The Morgan fingerprint density at radius 1 is 1.42 bits per heavy atom. The van der Waals surface area contributed by atoms with Crippen LogP contribution in [0.3, 0.4) is 0 Å². The Labute approximate surface area is 73.5 Å². The predicted molar refractivity (Wildman–Crippen MR) is 54.3 cm³/mol. The van der Waals surface area contributed by atoms with E-state index in [4.69, 9.17) is 0 Å². The van der Waals surface area contributed by atoms with Gasteiger partial charge >= 0.3 is 0 Å². The lowest BCUT2D eigenvalue weighted by atomic mass is 10.1. The summed E-state index contributed by atoms with van der Waals surface area (Å²) in [7, 11) is 0. The zero-order valence-corrected chi connectivity index (χ0v) is 7.33. The molecule has 0 fully saturated rings. The van der Waals surface area contributed by atoms with Gasteiger partial charge in [-0.3, -0.25) is 4.99 Å². The minimum Gasteiger partial charge on any atom is -0.264 e. The van der Waals surface area contributed by atoms with E-state index in [1.165, 1.54) is 0 Å². The van der Waals surface area contributed by atoms with E-state index in [0.717, 1.165) is 17.7 Å². The maximum atomic E-state index is 3.96. The van der Waals surface area contributed by atoms with Crippen molar-refractivity contribution in [3.05, 3.63) is 42.0 Å². The van der Waals surface area contributed by atoms with E-state index in [1.807, 2.05) is 30.3 Å². The number of rotatable bonds is 3. The molecule has 1 nitrogen and oxygen atoms in total. The lowest BCUT2D eigenvalue weighted by Crippen LogP contribution is -1.78. The molecule has 0 aliphatic rings. The fourth-order valence-electron chi connectivity index (χ4n) is 1.08. The molecular weight excluding hydrogens is 146 g/mol. The Bertz CT molecular complexity index is 272. The minimum absolute atomic E-state index is 0.970. The Hall–Kier alpha value is -1.37. The van der Waals surface area contributed by atoms with Crippen molar-refractivity contribution in [3.8, 4) is 0 Å². The van der Waals surface area contributed by atoms with Gasteiger partial charge in [0.05, 0.1) is 5.70 Å². The summed E-state index contributed by atoms with van der Waals surface area (Å²) in [5.74, 6) is 0. The number of nitrogens with zero attached hydrogens (tertiary/aromatic N) is 1. The van der Waals surface area contributed by atoms with Crippen LogP contribution in [0.4, 0.5) is 0 Å². The summed E-state index contributed by atoms with van der Waals surface area (Å²) in [5, 5.41) is 0. The first kappa shape index (κ1) is 8.72. The van der Waals surface area contributed by atoms with Gasteiger partial charge in [0.25, 0.3) is 0 Å².